The number of esters is 1. The quantitative estimate of drug-likeness (QED) is 0.677. The van der Waals surface area contributed by atoms with E-state index < -0.39 is 5.97 Å². The monoisotopic (exact) mass is 429 g/mol. The van der Waals surface area contributed by atoms with Crippen molar-refractivity contribution in [2.75, 3.05) is 45.7 Å². The van der Waals surface area contributed by atoms with Crippen LogP contribution >= 0.6 is 11.3 Å². The maximum Gasteiger partial charge on any atom is 0.341 e. The van der Waals surface area contributed by atoms with Crippen molar-refractivity contribution >= 4 is 28.2 Å². The van der Waals surface area contributed by atoms with E-state index in [2.05, 4.69) is 22.2 Å². The van der Waals surface area contributed by atoms with Crippen LogP contribution in [0.25, 0.3) is 11.1 Å². The summed E-state index contributed by atoms with van der Waals surface area (Å²) in [5.41, 5.74) is 3.30. The Hall–Kier alpha value is -2.22. The number of rotatable bonds is 7. The molecule has 1 saturated heterocycles. The van der Waals surface area contributed by atoms with Crippen LogP contribution in [0.3, 0.4) is 0 Å². The molecular weight excluding hydrogens is 398 g/mol. The Kier molecular flexibility index (Phi) is 7.64. The zero-order valence-corrected chi connectivity index (χ0v) is 19.1. The molecule has 0 spiro atoms. The van der Waals surface area contributed by atoms with Gasteiger partial charge in [0.25, 0.3) is 0 Å². The average molecular weight is 430 g/mol. The Morgan fingerprint density at radius 3 is 2.53 bits per heavy atom. The molecule has 1 N–H and O–H groups in total. The minimum absolute atomic E-state index is 0.112. The summed E-state index contributed by atoms with van der Waals surface area (Å²) in [5.74, 6) is -0.521. The molecular formula is C23H31N3O3S. The fourth-order valence-electron chi connectivity index (χ4n) is 3.76. The van der Waals surface area contributed by atoms with Crippen molar-refractivity contribution in [2.45, 2.75) is 32.7 Å². The molecule has 3 rings (SSSR count). The van der Waals surface area contributed by atoms with Crippen molar-refractivity contribution in [1.29, 1.82) is 0 Å². The summed E-state index contributed by atoms with van der Waals surface area (Å²) in [4.78, 5) is 29.9. The van der Waals surface area contributed by atoms with Gasteiger partial charge in [-0.05, 0) is 59.4 Å². The van der Waals surface area contributed by atoms with E-state index in [4.69, 9.17) is 4.74 Å². The molecule has 1 fully saturated rings. The third kappa shape index (κ3) is 5.47. The molecule has 6 nitrogen and oxygen atoms in total. The van der Waals surface area contributed by atoms with Gasteiger partial charge in [0.2, 0.25) is 5.91 Å². The first-order valence-corrected chi connectivity index (χ1v) is 11.3. The number of carbonyl (C=O) groups is 2. The number of piperidine rings is 1. The van der Waals surface area contributed by atoms with Crippen LogP contribution in [-0.4, -0.2) is 68.1 Å². The molecule has 1 aromatic heterocycles. The number of amides is 1. The van der Waals surface area contributed by atoms with E-state index in [0.29, 0.717) is 23.2 Å². The second kappa shape index (κ2) is 10.2. The fourth-order valence-corrected chi connectivity index (χ4v) is 4.73. The van der Waals surface area contributed by atoms with Gasteiger partial charge in [0.05, 0.1) is 13.2 Å². The number of ether oxygens (including phenoxy) is 1. The van der Waals surface area contributed by atoms with Crippen molar-refractivity contribution in [2.24, 2.45) is 0 Å². The summed E-state index contributed by atoms with van der Waals surface area (Å²) >= 11 is 1.36. The number of likely N-dealkylation sites (tertiary alicyclic amines) is 1. The number of benzene rings is 1. The SMILES string of the molecule is CCOC(=O)c1c(-c2ccc(C)cc2)csc1NC(=O)CN(C)C1CCN(C)CC1. The molecule has 0 atom stereocenters. The topological polar surface area (TPSA) is 61.9 Å². The van der Waals surface area contributed by atoms with Crippen LogP contribution in [0.1, 0.15) is 35.7 Å². The van der Waals surface area contributed by atoms with Crippen molar-refractivity contribution in [3.05, 3.63) is 40.8 Å². The Labute approximate surface area is 182 Å². The van der Waals surface area contributed by atoms with Gasteiger partial charge in [-0.1, -0.05) is 29.8 Å². The van der Waals surface area contributed by atoms with E-state index in [9.17, 15) is 9.59 Å². The van der Waals surface area contributed by atoms with Gasteiger partial charge in [-0.15, -0.1) is 11.3 Å². The largest absolute Gasteiger partial charge is 0.462 e. The first-order valence-electron chi connectivity index (χ1n) is 10.4. The first-order chi connectivity index (χ1) is 14.4. The summed E-state index contributed by atoms with van der Waals surface area (Å²) in [6.07, 6.45) is 2.12. The second-order valence-electron chi connectivity index (χ2n) is 7.94. The highest BCUT2D eigenvalue weighted by molar-refractivity contribution is 7.15. The van der Waals surface area contributed by atoms with Crippen molar-refractivity contribution in [3.8, 4) is 11.1 Å². The molecule has 0 unspecified atom stereocenters. The highest BCUT2D eigenvalue weighted by Crippen LogP contribution is 2.36. The molecule has 0 radical (unpaired) electrons. The number of anilines is 1. The molecule has 0 aliphatic carbocycles. The molecule has 0 bridgehead atoms. The molecule has 0 saturated carbocycles. The van der Waals surface area contributed by atoms with E-state index >= 15 is 0 Å². The minimum Gasteiger partial charge on any atom is -0.462 e. The molecule has 1 aliphatic rings. The fraction of sp³-hybridized carbons (Fsp3) is 0.478. The molecule has 7 heteroatoms. The number of nitrogens with zero attached hydrogens (tertiary/aromatic N) is 2. The van der Waals surface area contributed by atoms with Crippen molar-refractivity contribution < 1.29 is 14.3 Å². The van der Waals surface area contributed by atoms with Crippen LogP contribution in [0.4, 0.5) is 5.00 Å². The van der Waals surface area contributed by atoms with Gasteiger partial charge < -0.3 is 15.0 Å². The highest BCUT2D eigenvalue weighted by atomic mass is 32.1. The normalized spacial score (nSPS) is 15.4. The lowest BCUT2D eigenvalue weighted by Gasteiger charge is -2.34. The minimum atomic E-state index is -0.409. The summed E-state index contributed by atoms with van der Waals surface area (Å²) in [5, 5.41) is 5.41. The van der Waals surface area contributed by atoms with Crippen LogP contribution in [0.15, 0.2) is 29.6 Å². The lowest BCUT2D eigenvalue weighted by atomic mass is 10.0. The maximum absolute atomic E-state index is 12.7. The predicted octanol–water partition coefficient (Wildman–Crippen LogP) is 3.86. The Morgan fingerprint density at radius 1 is 1.23 bits per heavy atom. The van der Waals surface area contributed by atoms with Crippen LogP contribution in [-0.2, 0) is 9.53 Å². The number of aryl methyl sites for hydroxylation is 1. The van der Waals surface area contributed by atoms with Crippen molar-refractivity contribution in [1.82, 2.24) is 9.80 Å². The Bertz CT molecular complexity index is 870. The summed E-state index contributed by atoms with van der Waals surface area (Å²) < 4.78 is 5.28. The van der Waals surface area contributed by atoms with Gasteiger partial charge in [0, 0.05) is 17.0 Å². The molecule has 2 aromatic rings. The van der Waals surface area contributed by atoms with E-state index in [1.807, 2.05) is 43.6 Å². The number of thiophene rings is 1. The second-order valence-corrected chi connectivity index (χ2v) is 8.82. The third-order valence-corrected chi connectivity index (χ3v) is 6.49. The van der Waals surface area contributed by atoms with E-state index in [-0.39, 0.29) is 12.5 Å². The molecule has 1 amide bonds. The summed E-state index contributed by atoms with van der Waals surface area (Å²) in [6, 6.07) is 8.40. The number of carbonyl (C=O) groups excluding carboxylic acids is 2. The zero-order valence-electron chi connectivity index (χ0n) is 18.2. The smallest absolute Gasteiger partial charge is 0.341 e. The molecule has 162 valence electrons. The van der Waals surface area contributed by atoms with Crippen molar-refractivity contribution in [3.63, 3.8) is 0 Å². The standard InChI is InChI=1S/C23H31N3O3S/c1-5-29-23(28)21-19(17-8-6-16(2)7-9-17)15-30-22(21)24-20(27)14-26(4)18-10-12-25(3)13-11-18/h6-9,15,18H,5,10-14H2,1-4H3,(H,24,27). The molecule has 30 heavy (non-hydrogen) atoms. The number of likely N-dealkylation sites (N-methyl/N-ethyl adjacent to an activating group) is 1. The van der Waals surface area contributed by atoms with Gasteiger partial charge in [0.1, 0.15) is 10.6 Å². The summed E-state index contributed by atoms with van der Waals surface area (Å²) in [7, 11) is 4.12. The zero-order chi connectivity index (χ0) is 21.7. The number of nitrogens with one attached hydrogen (secondary N) is 1. The van der Waals surface area contributed by atoms with Crippen LogP contribution in [0, 0.1) is 6.92 Å². The Balaban J connectivity index is 1.75. The van der Waals surface area contributed by atoms with Crippen LogP contribution < -0.4 is 5.32 Å². The van der Waals surface area contributed by atoms with Gasteiger partial charge in [-0.3, -0.25) is 9.69 Å². The lowest BCUT2D eigenvalue weighted by molar-refractivity contribution is -0.117. The van der Waals surface area contributed by atoms with Gasteiger partial charge >= 0.3 is 5.97 Å². The first kappa shape index (κ1) is 22.5. The van der Waals surface area contributed by atoms with E-state index in [0.717, 1.165) is 42.6 Å². The average Bonchev–Trinajstić information content (AvgIpc) is 3.12. The summed E-state index contributed by atoms with van der Waals surface area (Å²) in [6.45, 7) is 6.49. The van der Waals surface area contributed by atoms with E-state index in [1.165, 1.54) is 11.3 Å². The Morgan fingerprint density at radius 2 is 1.90 bits per heavy atom. The number of hydrogen-bond donors (Lipinski definition) is 1. The molecule has 1 aliphatic heterocycles. The number of hydrogen-bond acceptors (Lipinski definition) is 6. The third-order valence-electron chi connectivity index (χ3n) is 5.59. The van der Waals surface area contributed by atoms with E-state index in [1.54, 1.807) is 6.92 Å². The van der Waals surface area contributed by atoms with Gasteiger partial charge in [-0.2, -0.15) is 0 Å². The van der Waals surface area contributed by atoms with Gasteiger partial charge in [-0.25, -0.2) is 4.79 Å². The van der Waals surface area contributed by atoms with Crippen LogP contribution in [0.5, 0.6) is 0 Å². The molecule has 2 heterocycles. The lowest BCUT2D eigenvalue weighted by Crippen LogP contribution is -2.44. The van der Waals surface area contributed by atoms with Gasteiger partial charge in [0.15, 0.2) is 0 Å². The highest BCUT2D eigenvalue weighted by Gasteiger charge is 2.25. The van der Waals surface area contributed by atoms with Crippen LogP contribution in [0.2, 0.25) is 0 Å². The molecule has 1 aromatic carbocycles. The predicted molar refractivity (Wildman–Crippen MR) is 122 cm³/mol. The maximum atomic E-state index is 12.7.